The van der Waals surface area contributed by atoms with Crippen molar-refractivity contribution < 1.29 is 23.6 Å². The minimum atomic E-state index is -0.926. The number of amides is 2. The van der Waals surface area contributed by atoms with E-state index in [9.17, 15) is 18.9 Å². The molecule has 3 heterocycles. The molecule has 0 bridgehead atoms. The number of ether oxygens (including phenoxy) is 1. The number of anilines is 1. The van der Waals surface area contributed by atoms with Gasteiger partial charge in [0.15, 0.2) is 5.82 Å². The van der Waals surface area contributed by atoms with Gasteiger partial charge in [-0.3, -0.25) is 13.8 Å². The van der Waals surface area contributed by atoms with Gasteiger partial charge in [0.25, 0.3) is 11.8 Å². The maximum atomic E-state index is 13.6. The summed E-state index contributed by atoms with van der Waals surface area (Å²) in [6.45, 7) is 4.73. The second-order valence-corrected chi connectivity index (χ2v) is 11.6. The van der Waals surface area contributed by atoms with E-state index < -0.39 is 28.2 Å². The molecule has 1 aliphatic rings. The fraction of sp³-hybridized carbons (Fsp3) is 0.333. The van der Waals surface area contributed by atoms with Crippen LogP contribution in [0.25, 0.3) is 5.82 Å². The van der Waals surface area contributed by atoms with E-state index in [0.29, 0.717) is 22.1 Å². The molecule has 3 N–H and O–H groups in total. The number of nitrogens with one attached hydrogen (secondary N) is 2. The van der Waals surface area contributed by atoms with E-state index in [1.807, 2.05) is 0 Å². The van der Waals surface area contributed by atoms with Gasteiger partial charge in [-0.15, -0.1) is 5.10 Å². The second kappa shape index (κ2) is 10.8. The molecular formula is C24H25Cl2N5O5S. The Morgan fingerprint density at radius 1 is 1.24 bits per heavy atom. The molecule has 2 amide bonds. The lowest BCUT2D eigenvalue weighted by Gasteiger charge is -2.24. The van der Waals surface area contributed by atoms with Gasteiger partial charge in [0, 0.05) is 28.1 Å². The van der Waals surface area contributed by atoms with Crippen molar-refractivity contribution in [1.82, 2.24) is 20.1 Å². The standard InChI is InChI=1S/C24H25Cl2N5O5S/c1-13-7-14(25)8-16(22(33)29-24(2,3)12-32)20(13)28-23(34)18-9-19(36-15-10-37(35)11-15)30-31(18)21-17(26)5-4-6-27-21/h4-9,15,32H,10-12H2,1-3H3,(H,28,34)(H,29,33). The normalized spacial score (nSPS) is 17.1. The van der Waals surface area contributed by atoms with Gasteiger partial charge in [-0.25, -0.2) is 9.67 Å². The fourth-order valence-electron chi connectivity index (χ4n) is 3.56. The lowest BCUT2D eigenvalue weighted by atomic mass is 10.0. The lowest BCUT2D eigenvalue weighted by molar-refractivity contribution is 0.0870. The number of aliphatic hydroxyl groups is 1. The van der Waals surface area contributed by atoms with Gasteiger partial charge < -0.3 is 20.5 Å². The summed E-state index contributed by atoms with van der Waals surface area (Å²) in [5.41, 5.74) is 0.0450. The van der Waals surface area contributed by atoms with E-state index in [1.54, 1.807) is 39.0 Å². The summed E-state index contributed by atoms with van der Waals surface area (Å²) in [4.78, 5) is 30.9. The maximum Gasteiger partial charge on any atom is 0.274 e. The molecule has 0 radical (unpaired) electrons. The highest BCUT2D eigenvalue weighted by molar-refractivity contribution is 7.86. The van der Waals surface area contributed by atoms with Crippen molar-refractivity contribution in [1.29, 1.82) is 0 Å². The number of pyridine rings is 1. The van der Waals surface area contributed by atoms with E-state index in [-0.39, 0.29) is 46.4 Å². The molecule has 1 saturated heterocycles. The first-order valence-electron chi connectivity index (χ1n) is 11.2. The number of aliphatic hydroxyl groups excluding tert-OH is 1. The Balaban J connectivity index is 1.71. The molecule has 10 nitrogen and oxygen atoms in total. The quantitative estimate of drug-likeness (QED) is 0.381. The van der Waals surface area contributed by atoms with Crippen molar-refractivity contribution in [2.45, 2.75) is 32.4 Å². The summed E-state index contributed by atoms with van der Waals surface area (Å²) in [5.74, 6) is -0.0252. The molecule has 1 aromatic carbocycles. The minimum Gasteiger partial charge on any atom is -0.471 e. The molecule has 2 aromatic heterocycles. The van der Waals surface area contributed by atoms with Crippen LogP contribution >= 0.6 is 23.2 Å². The van der Waals surface area contributed by atoms with Gasteiger partial charge in [0.1, 0.15) is 11.8 Å². The Bertz CT molecular complexity index is 1390. The van der Waals surface area contributed by atoms with Gasteiger partial charge in [-0.1, -0.05) is 23.2 Å². The summed E-state index contributed by atoms with van der Waals surface area (Å²) < 4.78 is 18.5. The molecule has 13 heteroatoms. The molecule has 0 aliphatic carbocycles. The van der Waals surface area contributed by atoms with Crippen molar-refractivity contribution >= 4 is 51.5 Å². The molecule has 196 valence electrons. The topological polar surface area (TPSA) is 135 Å². The third-order valence-corrected chi connectivity index (χ3v) is 7.52. The summed E-state index contributed by atoms with van der Waals surface area (Å²) >= 11 is 12.5. The summed E-state index contributed by atoms with van der Waals surface area (Å²) in [6, 6.07) is 7.74. The van der Waals surface area contributed by atoms with E-state index in [1.165, 1.54) is 23.0 Å². The van der Waals surface area contributed by atoms with Gasteiger partial charge >= 0.3 is 0 Å². The highest BCUT2D eigenvalue weighted by Crippen LogP contribution is 2.29. The Labute approximate surface area is 225 Å². The Hall–Kier alpha value is -2.99. The smallest absolute Gasteiger partial charge is 0.274 e. The highest BCUT2D eigenvalue weighted by atomic mass is 35.5. The summed E-state index contributed by atoms with van der Waals surface area (Å²) in [6.07, 6.45) is 1.23. The van der Waals surface area contributed by atoms with E-state index >= 15 is 0 Å². The van der Waals surface area contributed by atoms with Crippen LogP contribution < -0.4 is 15.4 Å². The summed E-state index contributed by atoms with van der Waals surface area (Å²) in [5, 5.41) is 20.0. The van der Waals surface area contributed by atoms with Crippen LogP contribution in [0, 0.1) is 6.92 Å². The van der Waals surface area contributed by atoms with E-state index in [4.69, 9.17) is 27.9 Å². The SMILES string of the molecule is Cc1cc(Cl)cc(C(=O)NC(C)(C)CO)c1NC(=O)c1cc(OC2CS(=O)C2)nn1-c1ncccc1Cl. The number of carbonyl (C=O) groups is 2. The van der Waals surface area contributed by atoms with Crippen molar-refractivity contribution in [3.05, 3.63) is 63.4 Å². The van der Waals surface area contributed by atoms with Crippen LogP contribution in [-0.2, 0) is 10.8 Å². The van der Waals surface area contributed by atoms with Crippen LogP contribution in [0.1, 0.15) is 40.3 Å². The second-order valence-electron chi connectivity index (χ2n) is 9.20. The molecule has 0 spiro atoms. The molecule has 3 aromatic rings. The molecule has 37 heavy (non-hydrogen) atoms. The van der Waals surface area contributed by atoms with Gasteiger partial charge in [-0.05, 0) is 50.6 Å². The average Bonchev–Trinajstić information content (AvgIpc) is 3.23. The zero-order valence-electron chi connectivity index (χ0n) is 20.2. The Morgan fingerprint density at radius 3 is 2.62 bits per heavy atom. The van der Waals surface area contributed by atoms with Crippen LogP contribution in [-0.4, -0.2) is 65.6 Å². The molecule has 0 unspecified atom stereocenters. The molecule has 1 aliphatic heterocycles. The van der Waals surface area contributed by atoms with Crippen LogP contribution in [0.2, 0.25) is 10.0 Å². The fourth-order valence-corrected chi connectivity index (χ4v) is 4.90. The van der Waals surface area contributed by atoms with E-state index in [2.05, 4.69) is 20.7 Å². The monoisotopic (exact) mass is 565 g/mol. The van der Waals surface area contributed by atoms with Crippen LogP contribution in [0.15, 0.2) is 36.5 Å². The number of hydrogen-bond donors (Lipinski definition) is 3. The van der Waals surface area contributed by atoms with Crippen LogP contribution in [0.4, 0.5) is 5.69 Å². The lowest BCUT2D eigenvalue weighted by Crippen LogP contribution is -2.46. The van der Waals surface area contributed by atoms with Gasteiger partial charge in [-0.2, -0.15) is 0 Å². The average molecular weight is 566 g/mol. The first kappa shape index (κ1) is 27.1. The third-order valence-electron chi connectivity index (χ3n) is 5.52. The molecule has 0 saturated carbocycles. The number of aromatic nitrogens is 3. The zero-order valence-corrected chi connectivity index (χ0v) is 22.6. The largest absolute Gasteiger partial charge is 0.471 e. The van der Waals surface area contributed by atoms with Gasteiger partial charge in [0.2, 0.25) is 5.88 Å². The van der Waals surface area contributed by atoms with Crippen molar-refractivity contribution in [2.24, 2.45) is 0 Å². The first-order valence-corrected chi connectivity index (χ1v) is 13.5. The minimum absolute atomic E-state index is 0.0486. The van der Waals surface area contributed by atoms with Crippen molar-refractivity contribution in [3.8, 4) is 11.7 Å². The predicted molar refractivity (Wildman–Crippen MR) is 141 cm³/mol. The molecule has 4 rings (SSSR count). The van der Waals surface area contributed by atoms with E-state index in [0.717, 1.165) is 0 Å². The highest BCUT2D eigenvalue weighted by Gasteiger charge is 2.30. The number of rotatable bonds is 8. The number of carbonyl (C=O) groups excluding carboxylic acids is 2. The van der Waals surface area contributed by atoms with Crippen molar-refractivity contribution in [3.63, 3.8) is 0 Å². The van der Waals surface area contributed by atoms with Crippen molar-refractivity contribution in [2.75, 3.05) is 23.4 Å². The van der Waals surface area contributed by atoms with Gasteiger partial charge in [0.05, 0.1) is 39.9 Å². The molecule has 1 fully saturated rings. The molecule has 0 atom stereocenters. The Kier molecular flexibility index (Phi) is 7.88. The number of nitrogens with zero attached hydrogens (tertiary/aromatic N) is 3. The number of aryl methyl sites for hydroxylation is 1. The van der Waals surface area contributed by atoms with Crippen LogP contribution in [0.3, 0.4) is 0 Å². The first-order chi connectivity index (χ1) is 17.5. The summed E-state index contributed by atoms with van der Waals surface area (Å²) in [7, 11) is -0.926. The molecular weight excluding hydrogens is 541 g/mol. The number of benzene rings is 1. The predicted octanol–water partition coefficient (Wildman–Crippen LogP) is 3.15. The number of halogens is 2. The maximum absolute atomic E-state index is 13.6. The third kappa shape index (κ3) is 6.12. The van der Waals surface area contributed by atoms with Crippen LogP contribution in [0.5, 0.6) is 5.88 Å². The Morgan fingerprint density at radius 2 is 1.97 bits per heavy atom. The zero-order chi connectivity index (χ0) is 26.9. The number of hydrogen-bond acceptors (Lipinski definition) is 7.